The van der Waals surface area contributed by atoms with Gasteiger partial charge in [-0.15, -0.1) is 24.0 Å². The van der Waals surface area contributed by atoms with Crippen LogP contribution in [0.3, 0.4) is 0 Å². The Balaban J connectivity index is 0.00000512. The third-order valence-corrected chi connectivity index (χ3v) is 4.48. The van der Waals surface area contributed by atoms with Gasteiger partial charge in [-0.25, -0.2) is 0 Å². The highest BCUT2D eigenvalue weighted by molar-refractivity contribution is 14.0. The first kappa shape index (κ1) is 27.7. The Labute approximate surface area is 203 Å². The summed E-state index contributed by atoms with van der Waals surface area (Å²) in [6.45, 7) is 3.34. The zero-order valence-corrected chi connectivity index (χ0v) is 20.8. The molecule has 0 fully saturated rings. The van der Waals surface area contributed by atoms with Gasteiger partial charge >= 0.3 is 6.18 Å². The van der Waals surface area contributed by atoms with Crippen LogP contribution in [-0.4, -0.2) is 40.4 Å². The molecule has 2 N–H and O–H groups in total. The lowest BCUT2D eigenvalue weighted by Gasteiger charge is -2.16. The van der Waals surface area contributed by atoms with Crippen molar-refractivity contribution in [3.63, 3.8) is 0 Å². The molecule has 0 aliphatic carbocycles. The number of guanidine groups is 1. The van der Waals surface area contributed by atoms with E-state index in [0.717, 1.165) is 23.3 Å². The number of rotatable bonds is 9. The monoisotopic (exact) mass is 567 g/mol. The van der Waals surface area contributed by atoms with Crippen molar-refractivity contribution in [1.82, 2.24) is 10.6 Å². The number of methoxy groups -OCH3 is 2. The smallest absolute Gasteiger partial charge is 0.416 e. The summed E-state index contributed by atoms with van der Waals surface area (Å²) in [5.74, 6) is 2.26. The fourth-order valence-electron chi connectivity index (χ4n) is 2.91. The molecular weight excluding hydrogens is 538 g/mol. The quantitative estimate of drug-likeness (QED) is 0.263. The molecule has 178 valence electrons. The van der Waals surface area contributed by atoms with E-state index < -0.39 is 11.7 Å². The average Bonchev–Trinajstić information content (AvgIpc) is 2.76. The van der Waals surface area contributed by atoms with Crippen molar-refractivity contribution >= 4 is 29.9 Å². The van der Waals surface area contributed by atoms with E-state index >= 15 is 0 Å². The van der Waals surface area contributed by atoms with E-state index in [1.807, 2.05) is 19.1 Å². The summed E-state index contributed by atoms with van der Waals surface area (Å²) < 4.78 is 54.4. The normalized spacial score (nSPS) is 11.4. The molecule has 0 amide bonds. The molecule has 32 heavy (non-hydrogen) atoms. The van der Waals surface area contributed by atoms with E-state index in [1.54, 1.807) is 21.3 Å². The Hall–Kier alpha value is -2.37. The fourth-order valence-corrected chi connectivity index (χ4v) is 2.91. The zero-order valence-electron chi connectivity index (χ0n) is 18.5. The van der Waals surface area contributed by atoms with Crippen LogP contribution in [0.2, 0.25) is 0 Å². The second kappa shape index (κ2) is 13.2. The Morgan fingerprint density at radius 1 is 0.969 bits per heavy atom. The van der Waals surface area contributed by atoms with E-state index in [1.165, 1.54) is 12.1 Å². The number of hydrogen-bond acceptors (Lipinski definition) is 4. The molecule has 2 aromatic carbocycles. The second-order valence-electron chi connectivity index (χ2n) is 6.56. The topological polar surface area (TPSA) is 64.1 Å². The molecule has 2 aromatic rings. The maximum absolute atomic E-state index is 12.6. The largest absolute Gasteiger partial charge is 0.493 e. The summed E-state index contributed by atoms with van der Waals surface area (Å²) in [6.07, 6.45) is -3.77. The lowest BCUT2D eigenvalue weighted by atomic mass is 10.1. The molecule has 6 nitrogen and oxygen atoms in total. The molecule has 2 rings (SSSR count). The Kier molecular flexibility index (Phi) is 11.4. The number of alkyl halides is 3. The standard InChI is InChI=1S/C22H28F3N3O3.HI/c1-5-31-20-18(29-3)12-16(13-19(20)30-4)14-28-21(26-2)27-11-10-15-6-8-17(9-7-15)22(23,24)25;/h6-9,12-13H,5,10-11,14H2,1-4H3,(H2,26,27,28);1H. The van der Waals surface area contributed by atoms with Gasteiger partial charge in [-0.3, -0.25) is 4.99 Å². The van der Waals surface area contributed by atoms with Gasteiger partial charge in [0.05, 0.1) is 26.4 Å². The number of hydrogen-bond donors (Lipinski definition) is 2. The van der Waals surface area contributed by atoms with Gasteiger partial charge in [-0.2, -0.15) is 13.2 Å². The summed E-state index contributed by atoms with van der Waals surface area (Å²) in [5.41, 5.74) is 1.06. The molecule has 0 heterocycles. The van der Waals surface area contributed by atoms with Crippen LogP contribution in [0.5, 0.6) is 17.2 Å². The first-order chi connectivity index (χ1) is 14.8. The minimum Gasteiger partial charge on any atom is -0.493 e. The van der Waals surface area contributed by atoms with Gasteiger partial charge in [-0.1, -0.05) is 12.1 Å². The third kappa shape index (κ3) is 7.95. The van der Waals surface area contributed by atoms with Gasteiger partial charge in [0, 0.05) is 20.1 Å². The van der Waals surface area contributed by atoms with Crippen molar-refractivity contribution in [3.8, 4) is 17.2 Å². The Morgan fingerprint density at radius 3 is 2.03 bits per heavy atom. The van der Waals surface area contributed by atoms with Gasteiger partial charge in [0.25, 0.3) is 0 Å². The molecule has 0 aromatic heterocycles. The highest BCUT2D eigenvalue weighted by Crippen LogP contribution is 2.38. The molecule has 0 aliphatic heterocycles. The Bertz CT molecular complexity index is 850. The van der Waals surface area contributed by atoms with Crippen LogP contribution in [0.1, 0.15) is 23.6 Å². The average molecular weight is 567 g/mol. The van der Waals surface area contributed by atoms with E-state index in [9.17, 15) is 13.2 Å². The summed E-state index contributed by atoms with van der Waals surface area (Å²) >= 11 is 0. The summed E-state index contributed by atoms with van der Waals surface area (Å²) in [6, 6.07) is 8.87. The lowest BCUT2D eigenvalue weighted by molar-refractivity contribution is -0.137. The van der Waals surface area contributed by atoms with Crippen molar-refractivity contribution in [2.45, 2.75) is 26.1 Å². The predicted octanol–water partition coefficient (Wildman–Crippen LogP) is 4.65. The molecular formula is C22H29F3IN3O3. The number of nitrogens with one attached hydrogen (secondary N) is 2. The number of nitrogens with zero attached hydrogens (tertiary/aromatic N) is 1. The van der Waals surface area contributed by atoms with Gasteiger partial charge in [0.1, 0.15) is 0 Å². The highest BCUT2D eigenvalue weighted by Gasteiger charge is 2.29. The number of halogens is 4. The molecule has 0 saturated heterocycles. The highest BCUT2D eigenvalue weighted by atomic mass is 127. The van der Waals surface area contributed by atoms with Crippen molar-refractivity contribution in [1.29, 1.82) is 0 Å². The van der Waals surface area contributed by atoms with E-state index in [-0.39, 0.29) is 24.0 Å². The fraction of sp³-hybridized carbons (Fsp3) is 0.409. The second-order valence-corrected chi connectivity index (χ2v) is 6.56. The third-order valence-electron chi connectivity index (χ3n) is 4.48. The molecule has 0 aliphatic rings. The predicted molar refractivity (Wildman–Crippen MR) is 129 cm³/mol. The van der Waals surface area contributed by atoms with E-state index in [4.69, 9.17) is 14.2 Å². The molecule has 0 bridgehead atoms. The summed E-state index contributed by atoms with van der Waals surface area (Å²) in [4.78, 5) is 4.17. The van der Waals surface area contributed by atoms with E-state index in [0.29, 0.717) is 49.3 Å². The van der Waals surface area contributed by atoms with Crippen molar-refractivity contribution < 1.29 is 27.4 Å². The molecule has 10 heteroatoms. The van der Waals surface area contributed by atoms with Crippen LogP contribution in [-0.2, 0) is 19.1 Å². The minimum atomic E-state index is -4.32. The number of benzene rings is 2. The van der Waals surface area contributed by atoms with Crippen LogP contribution in [0.4, 0.5) is 13.2 Å². The van der Waals surface area contributed by atoms with Crippen molar-refractivity contribution in [2.75, 3.05) is 34.4 Å². The van der Waals surface area contributed by atoms with Gasteiger partial charge in [0.2, 0.25) is 5.75 Å². The van der Waals surface area contributed by atoms with Crippen molar-refractivity contribution in [3.05, 3.63) is 53.1 Å². The van der Waals surface area contributed by atoms with Gasteiger partial charge < -0.3 is 24.8 Å². The summed E-state index contributed by atoms with van der Waals surface area (Å²) in [5, 5.41) is 6.34. The molecule has 0 atom stereocenters. The number of aliphatic imine (C=N–C) groups is 1. The molecule has 0 spiro atoms. The molecule has 0 radical (unpaired) electrons. The first-order valence-electron chi connectivity index (χ1n) is 9.80. The summed E-state index contributed by atoms with van der Waals surface area (Å²) in [7, 11) is 4.78. The van der Waals surface area contributed by atoms with Crippen molar-refractivity contribution in [2.24, 2.45) is 4.99 Å². The lowest BCUT2D eigenvalue weighted by Crippen LogP contribution is -2.37. The number of ether oxygens (including phenoxy) is 3. The maximum atomic E-state index is 12.6. The maximum Gasteiger partial charge on any atom is 0.416 e. The van der Waals surface area contributed by atoms with Crippen LogP contribution in [0, 0.1) is 0 Å². The van der Waals surface area contributed by atoms with Crippen LogP contribution in [0.15, 0.2) is 41.4 Å². The van der Waals surface area contributed by atoms with Crippen LogP contribution in [0.25, 0.3) is 0 Å². The zero-order chi connectivity index (χ0) is 22.9. The molecule has 0 saturated carbocycles. The Morgan fingerprint density at radius 2 is 1.56 bits per heavy atom. The van der Waals surface area contributed by atoms with Crippen LogP contribution < -0.4 is 24.8 Å². The van der Waals surface area contributed by atoms with Crippen LogP contribution >= 0.6 is 24.0 Å². The molecule has 0 unspecified atom stereocenters. The SMILES string of the molecule is CCOc1c(OC)cc(CNC(=NC)NCCc2ccc(C(F)(F)F)cc2)cc1OC.I. The first-order valence-corrected chi connectivity index (χ1v) is 9.80. The minimum absolute atomic E-state index is 0. The van der Waals surface area contributed by atoms with Gasteiger partial charge in [-0.05, 0) is 48.7 Å². The van der Waals surface area contributed by atoms with Gasteiger partial charge in [0.15, 0.2) is 17.5 Å². The van der Waals surface area contributed by atoms with E-state index in [2.05, 4.69) is 15.6 Å².